The first kappa shape index (κ1) is 12.2. The van der Waals surface area contributed by atoms with Gasteiger partial charge in [0.2, 0.25) is 0 Å². The minimum Gasteiger partial charge on any atom is -0.392 e. The Hall–Kier alpha value is -1.26. The Morgan fingerprint density at radius 3 is 2.71 bits per heavy atom. The largest absolute Gasteiger partial charge is 0.392 e. The maximum Gasteiger partial charge on any atom is 0.159 e. The highest BCUT2D eigenvalue weighted by Gasteiger charge is 2.08. The first-order valence-corrected chi connectivity index (χ1v) is 6.11. The number of aromatic nitrogens is 2. The zero-order valence-corrected chi connectivity index (χ0v) is 11.3. The second-order valence-corrected chi connectivity index (χ2v) is 4.84. The monoisotopic (exact) mass is 292 g/mol. The molecule has 0 fully saturated rings. The molecule has 0 spiro atoms. The fraction of sp³-hybridized carbons (Fsp3) is 0.231. The lowest BCUT2D eigenvalue weighted by Gasteiger charge is -2.07. The van der Waals surface area contributed by atoms with Crippen LogP contribution >= 0.6 is 15.9 Å². The van der Waals surface area contributed by atoms with E-state index in [0.717, 1.165) is 26.9 Å². The summed E-state index contributed by atoms with van der Waals surface area (Å²) < 4.78 is 1.01. The third kappa shape index (κ3) is 2.53. The number of hydrogen-bond acceptors (Lipinski definition) is 3. The van der Waals surface area contributed by atoms with E-state index >= 15 is 0 Å². The Labute approximate surface area is 109 Å². The lowest BCUT2D eigenvalue weighted by molar-refractivity contribution is 0.280. The van der Waals surface area contributed by atoms with Crippen LogP contribution in [0.1, 0.15) is 16.8 Å². The van der Waals surface area contributed by atoms with Crippen LogP contribution in [0.4, 0.5) is 0 Å². The Bertz CT molecular complexity index is 555. The Morgan fingerprint density at radius 1 is 1.29 bits per heavy atom. The van der Waals surface area contributed by atoms with Gasteiger partial charge >= 0.3 is 0 Å². The molecule has 0 atom stereocenters. The molecule has 0 unspecified atom stereocenters. The van der Waals surface area contributed by atoms with Gasteiger partial charge < -0.3 is 5.11 Å². The summed E-state index contributed by atoms with van der Waals surface area (Å²) >= 11 is 3.44. The van der Waals surface area contributed by atoms with Gasteiger partial charge in [0.05, 0.1) is 6.61 Å². The quantitative estimate of drug-likeness (QED) is 0.925. The molecule has 0 amide bonds. The predicted octanol–water partition coefficient (Wildman–Crippen LogP) is 3.02. The second-order valence-electron chi connectivity index (χ2n) is 3.92. The summed E-state index contributed by atoms with van der Waals surface area (Å²) in [6.45, 7) is 3.88. The van der Waals surface area contributed by atoms with Gasteiger partial charge in [-0.2, -0.15) is 0 Å². The maximum atomic E-state index is 9.09. The van der Waals surface area contributed by atoms with Crippen molar-refractivity contribution in [3.8, 4) is 11.4 Å². The summed E-state index contributed by atoms with van der Waals surface area (Å²) in [5.74, 6) is 0.693. The predicted molar refractivity (Wildman–Crippen MR) is 70.6 cm³/mol. The van der Waals surface area contributed by atoms with Crippen molar-refractivity contribution >= 4 is 15.9 Å². The molecule has 0 aliphatic rings. The molecule has 88 valence electrons. The van der Waals surface area contributed by atoms with E-state index < -0.39 is 0 Å². The second kappa shape index (κ2) is 4.94. The molecule has 4 heteroatoms. The van der Waals surface area contributed by atoms with Crippen LogP contribution in [0.15, 0.2) is 28.9 Å². The normalized spacial score (nSPS) is 10.6. The van der Waals surface area contributed by atoms with Crippen LogP contribution in [-0.4, -0.2) is 15.1 Å². The van der Waals surface area contributed by atoms with Crippen LogP contribution in [-0.2, 0) is 6.61 Å². The zero-order valence-electron chi connectivity index (χ0n) is 9.74. The molecule has 0 bridgehead atoms. The minimum absolute atomic E-state index is 0.0242. The summed E-state index contributed by atoms with van der Waals surface area (Å²) in [6.07, 6.45) is 1.68. The van der Waals surface area contributed by atoms with Crippen LogP contribution in [0.3, 0.4) is 0 Å². The van der Waals surface area contributed by atoms with Gasteiger partial charge in [-0.25, -0.2) is 9.97 Å². The Balaban J connectivity index is 2.53. The molecule has 0 aliphatic carbocycles. The van der Waals surface area contributed by atoms with Crippen molar-refractivity contribution in [3.05, 3.63) is 45.7 Å². The Kier molecular flexibility index (Phi) is 3.54. The summed E-state index contributed by atoms with van der Waals surface area (Å²) in [6, 6.07) is 6.02. The van der Waals surface area contributed by atoms with Crippen molar-refractivity contribution in [1.82, 2.24) is 9.97 Å². The molecule has 1 heterocycles. The number of aryl methyl sites for hydroxylation is 2. The fourth-order valence-electron chi connectivity index (χ4n) is 1.61. The van der Waals surface area contributed by atoms with Crippen molar-refractivity contribution in [3.63, 3.8) is 0 Å². The third-order valence-corrected chi connectivity index (χ3v) is 3.19. The first-order chi connectivity index (χ1) is 8.11. The van der Waals surface area contributed by atoms with E-state index in [1.807, 2.05) is 32.0 Å². The number of aliphatic hydroxyl groups excluding tert-OH is 1. The molecule has 2 rings (SSSR count). The molecule has 0 saturated carbocycles. The van der Waals surface area contributed by atoms with Crippen molar-refractivity contribution < 1.29 is 5.11 Å². The number of nitrogens with zero attached hydrogens (tertiary/aromatic N) is 2. The van der Waals surface area contributed by atoms with E-state index in [4.69, 9.17) is 5.11 Å². The molecule has 2 aromatic rings. The number of hydrogen-bond donors (Lipinski definition) is 1. The van der Waals surface area contributed by atoms with Crippen LogP contribution in [0.25, 0.3) is 11.4 Å². The average molecular weight is 293 g/mol. The van der Waals surface area contributed by atoms with Gasteiger partial charge in [-0.15, -0.1) is 0 Å². The van der Waals surface area contributed by atoms with Crippen LogP contribution in [0.2, 0.25) is 0 Å². The number of halogens is 1. The molecule has 1 aromatic heterocycles. The molecule has 1 aromatic carbocycles. The topological polar surface area (TPSA) is 46.0 Å². The number of aliphatic hydroxyl groups is 1. The van der Waals surface area contributed by atoms with E-state index in [2.05, 4.69) is 25.9 Å². The minimum atomic E-state index is -0.0242. The van der Waals surface area contributed by atoms with Crippen LogP contribution < -0.4 is 0 Å². The number of benzene rings is 1. The smallest absolute Gasteiger partial charge is 0.159 e. The maximum absolute atomic E-state index is 9.09. The lowest BCUT2D eigenvalue weighted by atomic mass is 10.1. The molecular weight excluding hydrogens is 280 g/mol. The molecule has 0 aliphatic heterocycles. The van der Waals surface area contributed by atoms with Gasteiger partial charge in [0, 0.05) is 27.5 Å². The summed E-state index contributed by atoms with van der Waals surface area (Å²) in [7, 11) is 0. The van der Waals surface area contributed by atoms with E-state index in [-0.39, 0.29) is 6.61 Å². The van der Waals surface area contributed by atoms with Crippen molar-refractivity contribution in [2.45, 2.75) is 20.5 Å². The lowest BCUT2D eigenvalue weighted by Crippen LogP contribution is -1.98. The highest BCUT2D eigenvalue weighted by Crippen LogP contribution is 2.24. The van der Waals surface area contributed by atoms with Gasteiger partial charge in [-0.1, -0.05) is 22.0 Å². The van der Waals surface area contributed by atoms with E-state index in [0.29, 0.717) is 5.82 Å². The molecule has 0 radical (unpaired) electrons. The van der Waals surface area contributed by atoms with Gasteiger partial charge in [0.1, 0.15) is 0 Å². The zero-order chi connectivity index (χ0) is 12.4. The third-order valence-electron chi connectivity index (χ3n) is 2.69. The van der Waals surface area contributed by atoms with Crippen LogP contribution in [0.5, 0.6) is 0 Å². The van der Waals surface area contributed by atoms with Crippen molar-refractivity contribution in [2.24, 2.45) is 0 Å². The molecule has 1 N–H and O–H groups in total. The van der Waals surface area contributed by atoms with Gasteiger partial charge in [-0.05, 0) is 31.5 Å². The van der Waals surface area contributed by atoms with Crippen molar-refractivity contribution in [1.29, 1.82) is 0 Å². The van der Waals surface area contributed by atoms with Gasteiger partial charge in [0.15, 0.2) is 5.82 Å². The van der Waals surface area contributed by atoms with E-state index in [1.54, 1.807) is 6.20 Å². The SMILES string of the molecule is Cc1ccc(Br)cc1-c1ncc(CO)c(C)n1. The van der Waals surface area contributed by atoms with Gasteiger partial charge in [-0.3, -0.25) is 0 Å². The number of rotatable bonds is 2. The molecule has 17 heavy (non-hydrogen) atoms. The fourth-order valence-corrected chi connectivity index (χ4v) is 1.97. The standard InChI is InChI=1S/C13H13BrN2O/c1-8-3-4-11(14)5-12(8)13-15-6-10(7-17)9(2)16-13/h3-6,17H,7H2,1-2H3. The molecule has 0 saturated heterocycles. The van der Waals surface area contributed by atoms with Crippen LogP contribution in [0, 0.1) is 13.8 Å². The van der Waals surface area contributed by atoms with E-state index in [9.17, 15) is 0 Å². The highest BCUT2D eigenvalue weighted by molar-refractivity contribution is 9.10. The van der Waals surface area contributed by atoms with E-state index in [1.165, 1.54) is 0 Å². The molecule has 3 nitrogen and oxygen atoms in total. The van der Waals surface area contributed by atoms with Gasteiger partial charge in [0.25, 0.3) is 0 Å². The Morgan fingerprint density at radius 2 is 2.06 bits per heavy atom. The molecular formula is C13H13BrN2O. The highest BCUT2D eigenvalue weighted by atomic mass is 79.9. The first-order valence-electron chi connectivity index (χ1n) is 5.31. The summed E-state index contributed by atoms with van der Waals surface area (Å²) in [5, 5.41) is 9.09. The summed E-state index contributed by atoms with van der Waals surface area (Å²) in [4.78, 5) is 8.71. The van der Waals surface area contributed by atoms with Crippen molar-refractivity contribution in [2.75, 3.05) is 0 Å². The summed E-state index contributed by atoms with van der Waals surface area (Å²) in [5.41, 5.74) is 3.72. The average Bonchev–Trinajstić information content (AvgIpc) is 2.32.